The fraction of sp³-hybridized carbons (Fsp3) is 0.394. The van der Waals surface area contributed by atoms with Crippen molar-refractivity contribution in [1.29, 1.82) is 0 Å². The molecule has 0 aliphatic carbocycles. The summed E-state index contributed by atoms with van der Waals surface area (Å²) in [4.78, 5) is 9.97. The van der Waals surface area contributed by atoms with E-state index in [9.17, 15) is 10.2 Å². The summed E-state index contributed by atoms with van der Waals surface area (Å²) in [7, 11) is 0. The molecule has 0 aliphatic heterocycles. The maximum absolute atomic E-state index is 10.8. The number of unbranched alkanes of at least 4 members (excludes halogenated alkanes) is 4. The Hall–Kier alpha value is -2.91. The largest absolute Gasteiger partial charge is 2.00 e. The van der Waals surface area contributed by atoms with Gasteiger partial charge in [-0.05, 0) is 74.4 Å². The second kappa shape index (κ2) is 19.2. The smallest absolute Gasteiger partial charge is 0.873 e. The predicted octanol–water partition coefficient (Wildman–Crippen LogP) is 8.39. The van der Waals surface area contributed by atoms with Gasteiger partial charge in [0.2, 0.25) is 0 Å². The number of nitrogens with zero attached hydrogens (tertiary/aromatic N) is 2. The molecule has 0 saturated carbocycles. The van der Waals surface area contributed by atoms with Gasteiger partial charge in [-0.25, -0.2) is 0 Å². The third-order valence-electron chi connectivity index (χ3n) is 6.19. The van der Waals surface area contributed by atoms with Crippen LogP contribution in [0.2, 0.25) is 0 Å². The van der Waals surface area contributed by atoms with Crippen LogP contribution in [0.25, 0.3) is 0 Å². The molecule has 0 bridgehead atoms. The summed E-state index contributed by atoms with van der Waals surface area (Å²) in [6.07, 6.45) is 10.1. The normalized spacial score (nSPS) is 11.4. The van der Waals surface area contributed by atoms with E-state index in [2.05, 4.69) is 38.1 Å². The second-order valence-corrected chi connectivity index (χ2v) is 9.28. The van der Waals surface area contributed by atoms with Gasteiger partial charge in [-0.15, -0.1) is 11.5 Å². The maximum atomic E-state index is 10.8. The summed E-state index contributed by atoms with van der Waals surface area (Å²) in [6, 6.07) is 23.4. The van der Waals surface area contributed by atoms with Crippen LogP contribution in [0.4, 0.5) is 11.4 Å². The van der Waals surface area contributed by atoms with Crippen LogP contribution >= 0.6 is 0 Å². The third-order valence-corrected chi connectivity index (χ3v) is 6.19. The summed E-state index contributed by atoms with van der Waals surface area (Å²) >= 11 is 0. The zero-order chi connectivity index (χ0) is 26.9. The quantitative estimate of drug-likeness (QED) is 0.128. The molecule has 206 valence electrons. The fourth-order valence-electron chi connectivity index (χ4n) is 3.99. The molecular formula is C33H42N2NiO2. The molecular weight excluding hydrogens is 515 g/mol. The van der Waals surface area contributed by atoms with Crippen molar-refractivity contribution in [3.05, 3.63) is 83.9 Å². The van der Waals surface area contributed by atoms with Crippen LogP contribution < -0.4 is 10.2 Å². The monoisotopic (exact) mass is 556 g/mol. The molecule has 3 aromatic rings. The Labute approximate surface area is 239 Å². The van der Waals surface area contributed by atoms with Crippen LogP contribution in [-0.2, 0) is 22.9 Å². The van der Waals surface area contributed by atoms with Crippen LogP contribution in [0, 0.1) is 6.92 Å². The van der Waals surface area contributed by atoms with Crippen molar-refractivity contribution in [2.45, 2.75) is 85.5 Å². The zero-order valence-corrected chi connectivity index (χ0v) is 24.3. The molecule has 0 aromatic heterocycles. The first-order valence-electron chi connectivity index (χ1n) is 13.7. The molecule has 0 saturated heterocycles. The number of rotatable bonds is 12. The van der Waals surface area contributed by atoms with E-state index < -0.39 is 11.5 Å². The molecule has 0 spiro atoms. The number of para-hydroxylation sites is 2. The molecule has 0 amide bonds. The van der Waals surface area contributed by atoms with Gasteiger partial charge >= 0.3 is 16.5 Å². The summed E-state index contributed by atoms with van der Waals surface area (Å²) < 4.78 is 0. The van der Waals surface area contributed by atoms with Crippen LogP contribution in [0.1, 0.15) is 83.3 Å². The van der Waals surface area contributed by atoms with E-state index in [4.69, 9.17) is 9.98 Å². The van der Waals surface area contributed by atoms with Gasteiger partial charge in [-0.1, -0.05) is 95.0 Å². The average molecular weight is 557 g/mol. The van der Waals surface area contributed by atoms with Crippen molar-refractivity contribution < 1.29 is 26.7 Å². The van der Waals surface area contributed by atoms with Gasteiger partial charge in [-0.2, -0.15) is 0 Å². The number of aryl methyl sites for hydroxylation is 2. The van der Waals surface area contributed by atoms with Gasteiger partial charge < -0.3 is 10.2 Å². The van der Waals surface area contributed by atoms with Crippen molar-refractivity contribution >= 4 is 22.8 Å². The van der Waals surface area contributed by atoms with E-state index in [1.807, 2.05) is 50.2 Å². The van der Waals surface area contributed by atoms with Gasteiger partial charge in [0.05, 0.1) is 22.8 Å². The Bertz CT molecular complexity index is 1110. The van der Waals surface area contributed by atoms with E-state index in [0.29, 0.717) is 0 Å². The van der Waals surface area contributed by atoms with Gasteiger partial charge in [-0.3, -0.25) is 9.98 Å². The Morgan fingerprint density at radius 1 is 0.632 bits per heavy atom. The Morgan fingerprint density at radius 2 is 1.11 bits per heavy atom. The van der Waals surface area contributed by atoms with Crippen LogP contribution in [0.15, 0.2) is 82.8 Å². The number of hydrogen-bond donors (Lipinski definition) is 0. The molecule has 3 aromatic carbocycles. The average Bonchev–Trinajstić information content (AvgIpc) is 2.92. The van der Waals surface area contributed by atoms with Crippen molar-refractivity contribution in [2.75, 3.05) is 0 Å². The first-order valence-corrected chi connectivity index (χ1v) is 13.7. The first kappa shape index (κ1) is 33.1. The summed E-state index contributed by atoms with van der Waals surface area (Å²) in [5.74, 6) is -0.799. The fourth-order valence-corrected chi connectivity index (χ4v) is 3.99. The van der Waals surface area contributed by atoms with E-state index >= 15 is 0 Å². The summed E-state index contributed by atoms with van der Waals surface area (Å²) in [5, 5.41) is 21.6. The molecule has 0 unspecified atom stereocenters. The molecule has 0 heterocycles. The minimum atomic E-state index is -0.403. The Balaban J connectivity index is 0.000000505. The summed E-state index contributed by atoms with van der Waals surface area (Å²) in [6.45, 7) is 8.30. The molecule has 5 heteroatoms. The zero-order valence-electron chi connectivity index (χ0n) is 23.3. The molecule has 38 heavy (non-hydrogen) atoms. The van der Waals surface area contributed by atoms with Crippen molar-refractivity contribution in [2.24, 2.45) is 9.98 Å². The van der Waals surface area contributed by atoms with Crippen LogP contribution in [0.5, 0.6) is 11.5 Å². The first-order chi connectivity index (χ1) is 18.0. The van der Waals surface area contributed by atoms with Gasteiger partial charge in [0.15, 0.2) is 0 Å². The standard InChI is InChI=1S/C24H32N2.C9H12O2.Ni/c1-3-5-7-14-20-24(26-22-17-12-9-13-18-22)23(19-6-4-2)25-21-15-10-8-11-16-21;1-3-7-5-9(11)8(10)4-6(7)2;/h8-13,15-18H,3-7,14,19-20H2,1-2H3;4-5,10-11H,3H2,1-2H3;/q;;+2/p-2. The summed E-state index contributed by atoms with van der Waals surface area (Å²) in [5.41, 5.74) is 6.23. The molecule has 0 atom stereocenters. The van der Waals surface area contributed by atoms with Gasteiger partial charge in [0, 0.05) is 0 Å². The molecule has 4 nitrogen and oxygen atoms in total. The SMILES string of the molecule is CCCCCCC(=Nc1ccccc1)C(CCCC)=Nc1ccccc1.CCc1cc([O-])c([O-])cc1C.[Ni+2]. The third kappa shape index (κ3) is 12.1. The van der Waals surface area contributed by atoms with Gasteiger partial charge in [0.1, 0.15) is 0 Å². The van der Waals surface area contributed by atoms with E-state index in [0.717, 1.165) is 59.6 Å². The van der Waals surface area contributed by atoms with Crippen molar-refractivity contribution in [1.82, 2.24) is 0 Å². The molecule has 0 radical (unpaired) electrons. The molecule has 0 N–H and O–H groups in total. The molecule has 0 fully saturated rings. The predicted molar refractivity (Wildman–Crippen MR) is 155 cm³/mol. The number of hydrogen-bond acceptors (Lipinski definition) is 4. The Kier molecular flexibility index (Phi) is 16.7. The second-order valence-electron chi connectivity index (χ2n) is 9.28. The van der Waals surface area contributed by atoms with Crippen molar-refractivity contribution in [3.8, 4) is 11.5 Å². The number of aliphatic imine (C=N–C) groups is 2. The van der Waals surface area contributed by atoms with Crippen molar-refractivity contribution in [3.63, 3.8) is 0 Å². The van der Waals surface area contributed by atoms with Crippen LogP contribution in [0.3, 0.4) is 0 Å². The minimum absolute atomic E-state index is 0. The minimum Gasteiger partial charge on any atom is -0.873 e. The van der Waals surface area contributed by atoms with E-state index in [-0.39, 0.29) is 16.5 Å². The maximum Gasteiger partial charge on any atom is 2.00 e. The van der Waals surface area contributed by atoms with E-state index in [1.54, 1.807) is 0 Å². The van der Waals surface area contributed by atoms with E-state index in [1.165, 1.54) is 44.2 Å². The number of benzene rings is 3. The molecule has 3 rings (SSSR count). The molecule has 0 aliphatic rings. The topological polar surface area (TPSA) is 70.8 Å². The van der Waals surface area contributed by atoms with Gasteiger partial charge in [0.25, 0.3) is 0 Å². The van der Waals surface area contributed by atoms with Crippen LogP contribution in [-0.4, -0.2) is 11.4 Å². The Morgan fingerprint density at radius 3 is 1.58 bits per heavy atom.